The first kappa shape index (κ1) is 31.3. The van der Waals surface area contributed by atoms with Crippen LogP contribution in [0.5, 0.6) is 11.8 Å². The molecule has 230 valence electrons. The summed E-state index contributed by atoms with van der Waals surface area (Å²) < 4.78 is 75.5. The predicted molar refractivity (Wildman–Crippen MR) is 148 cm³/mol. The SMILES string of the molecule is CC1COc2ccc(cc2)CNc2nc(nc(OCC(F)(F)F)n2)Nc2ccc(cc2)C(=O)NCCC(=O)NS(=O)(=O)C1. The minimum Gasteiger partial charge on any atom is -0.493 e. The molecular formula is C26H28F3N7O6S. The Labute approximate surface area is 244 Å². The molecule has 43 heavy (non-hydrogen) atoms. The van der Waals surface area contributed by atoms with E-state index in [-0.39, 0.29) is 49.3 Å². The maximum Gasteiger partial charge on any atom is 0.422 e. The number of carbonyl (C=O) groups excluding carboxylic acids is 2. The first-order valence-corrected chi connectivity index (χ1v) is 14.6. The molecule has 0 fully saturated rings. The second-order valence-electron chi connectivity index (χ2n) is 9.60. The molecule has 3 aromatic rings. The molecule has 0 radical (unpaired) electrons. The highest BCUT2D eigenvalue weighted by atomic mass is 32.2. The molecule has 0 spiro atoms. The Morgan fingerprint density at radius 1 is 0.977 bits per heavy atom. The number of nitrogens with one attached hydrogen (secondary N) is 4. The van der Waals surface area contributed by atoms with Gasteiger partial charge in [0, 0.05) is 36.7 Å². The highest BCUT2D eigenvalue weighted by Crippen LogP contribution is 2.21. The Hall–Kier alpha value is -4.67. The van der Waals surface area contributed by atoms with E-state index in [0.717, 1.165) is 5.56 Å². The third-order valence-corrected chi connectivity index (χ3v) is 7.25. The molecule has 17 heteroatoms. The van der Waals surface area contributed by atoms with Gasteiger partial charge in [-0.05, 0) is 42.0 Å². The van der Waals surface area contributed by atoms with Crippen molar-refractivity contribution in [3.63, 3.8) is 0 Å². The van der Waals surface area contributed by atoms with Gasteiger partial charge >= 0.3 is 12.2 Å². The van der Waals surface area contributed by atoms with Crippen LogP contribution in [0.1, 0.15) is 29.3 Å². The zero-order valence-electron chi connectivity index (χ0n) is 22.8. The number of halogens is 3. The van der Waals surface area contributed by atoms with Gasteiger partial charge in [-0.25, -0.2) is 8.42 Å². The van der Waals surface area contributed by atoms with Gasteiger partial charge in [-0.1, -0.05) is 19.1 Å². The number of sulfonamides is 1. The van der Waals surface area contributed by atoms with Crippen LogP contribution < -0.4 is 30.1 Å². The Kier molecular flexibility index (Phi) is 9.84. The van der Waals surface area contributed by atoms with E-state index >= 15 is 0 Å². The summed E-state index contributed by atoms with van der Waals surface area (Å²) in [6.07, 6.45) is -4.88. The van der Waals surface area contributed by atoms with Gasteiger partial charge in [0.1, 0.15) is 5.75 Å². The lowest BCUT2D eigenvalue weighted by molar-refractivity contribution is -0.154. The Morgan fingerprint density at radius 2 is 1.67 bits per heavy atom. The van der Waals surface area contributed by atoms with Crippen molar-refractivity contribution in [2.45, 2.75) is 26.1 Å². The molecule has 1 atom stereocenters. The number of carbonyl (C=O) groups is 2. The van der Waals surface area contributed by atoms with Crippen molar-refractivity contribution in [1.29, 1.82) is 0 Å². The van der Waals surface area contributed by atoms with Gasteiger partial charge in [-0.3, -0.25) is 14.3 Å². The molecule has 3 aliphatic rings. The fraction of sp³-hybridized carbons (Fsp3) is 0.346. The average Bonchev–Trinajstić information content (AvgIpc) is 2.93. The van der Waals surface area contributed by atoms with Crippen LogP contribution in [0.3, 0.4) is 0 Å². The highest BCUT2D eigenvalue weighted by molar-refractivity contribution is 7.90. The lowest BCUT2D eigenvalue weighted by atomic mass is 10.2. The predicted octanol–water partition coefficient (Wildman–Crippen LogP) is 2.76. The minimum absolute atomic E-state index is 0.0583. The number of aromatic nitrogens is 3. The van der Waals surface area contributed by atoms with E-state index in [1.54, 1.807) is 31.2 Å². The summed E-state index contributed by atoms with van der Waals surface area (Å²) in [7, 11) is -3.93. The number of rotatable bonds is 2. The molecule has 0 aliphatic carbocycles. The van der Waals surface area contributed by atoms with Crippen LogP contribution in [0.4, 0.5) is 30.8 Å². The van der Waals surface area contributed by atoms with Gasteiger partial charge in [-0.2, -0.15) is 28.1 Å². The van der Waals surface area contributed by atoms with Crippen LogP contribution >= 0.6 is 0 Å². The molecule has 6 rings (SSSR count). The van der Waals surface area contributed by atoms with Crippen LogP contribution in [0.25, 0.3) is 0 Å². The van der Waals surface area contributed by atoms with E-state index in [1.165, 1.54) is 24.3 Å². The first-order chi connectivity index (χ1) is 20.3. The topological polar surface area (TPSA) is 174 Å². The largest absolute Gasteiger partial charge is 0.493 e. The average molecular weight is 624 g/mol. The third-order valence-electron chi connectivity index (χ3n) is 5.70. The molecule has 13 nitrogen and oxygen atoms in total. The lowest BCUT2D eigenvalue weighted by Crippen LogP contribution is -2.37. The van der Waals surface area contributed by atoms with Crippen molar-refractivity contribution in [2.24, 2.45) is 5.92 Å². The van der Waals surface area contributed by atoms with Crippen molar-refractivity contribution in [3.05, 3.63) is 59.7 Å². The fourth-order valence-corrected chi connectivity index (χ4v) is 5.12. The monoisotopic (exact) mass is 623 g/mol. The van der Waals surface area contributed by atoms with E-state index in [9.17, 15) is 31.2 Å². The fourth-order valence-electron chi connectivity index (χ4n) is 3.74. The Morgan fingerprint density at radius 3 is 2.37 bits per heavy atom. The number of fused-ring (bicyclic) bond motifs is 2. The van der Waals surface area contributed by atoms with Crippen molar-refractivity contribution in [3.8, 4) is 11.8 Å². The molecule has 6 bridgehead atoms. The van der Waals surface area contributed by atoms with Crippen molar-refractivity contribution < 1.29 is 40.7 Å². The molecule has 2 aromatic carbocycles. The van der Waals surface area contributed by atoms with Gasteiger partial charge in [0.2, 0.25) is 27.8 Å². The molecule has 3 aliphatic heterocycles. The Balaban J connectivity index is 1.57. The number of nitrogens with zero attached hydrogens (tertiary/aromatic N) is 3. The molecule has 1 aromatic heterocycles. The zero-order chi connectivity index (χ0) is 31.0. The normalized spacial score (nSPS) is 18.1. The smallest absolute Gasteiger partial charge is 0.422 e. The summed E-state index contributed by atoms with van der Waals surface area (Å²) in [4.78, 5) is 36.7. The molecule has 4 N–H and O–H groups in total. The van der Waals surface area contributed by atoms with Crippen molar-refractivity contribution in [1.82, 2.24) is 25.0 Å². The van der Waals surface area contributed by atoms with Gasteiger partial charge in [0.15, 0.2) is 6.61 Å². The summed E-state index contributed by atoms with van der Waals surface area (Å²) in [5.41, 5.74) is 1.38. The number of hydrogen-bond donors (Lipinski definition) is 4. The van der Waals surface area contributed by atoms with E-state index in [4.69, 9.17) is 9.47 Å². The minimum atomic E-state index is -4.61. The number of ether oxygens (including phenoxy) is 2. The molecule has 1 unspecified atom stereocenters. The maximum atomic E-state index is 12.8. The van der Waals surface area contributed by atoms with E-state index in [0.29, 0.717) is 11.4 Å². The second kappa shape index (κ2) is 13.5. The molecule has 0 saturated carbocycles. The lowest BCUT2D eigenvalue weighted by Gasteiger charge is -2.14. The zero-order valence-corrected chi connectivity index (χ0v) is 23.6. The molecular weight excluding hydrogens is 595 g/mol. The van der Waals surface area contributed by atoms with Gasteiger partial charge in [-0.15, -0.1) is 0 Å². The van der Waals surface area contributed by atoms with Gasteiger partial charge in [0.05, 0.1) is 12.4 Å². The van der Waals surface area contributed by atoms with Crippen LogP contribution in [0.15, 0.2) is 48.5 Å². The summed E-state index contributed by atoms with van der Waals surface area (Å²) >= 11 is 0. The number of hydrogen-bond acceptors (Lipinski definition) is 11. The number of alkyl halides is 3. The quantitative estimate of drug-likeness (QED) is 0.331. The van der Waals surface area contributed by atoms with E-state index < -0.39 is 46.5 Å². The number of anilines is 3. The molecule has 4 heterocycles. The van der Waals surface area contributed by atoms with Gasteiger partial charge < -0.3 is 25.4 Å². The van der Waals surface area contributed by atoms with Crippen LogP contribution in [0, 0.1) is 5.92 Å². The summed E-state index contributed by atoms with van der Waals surface area (Å²) in [5, 5.41) is 8.29. The standard InChI is InChI=1S/C26H28F3N7O6S/c1-16-13-41-20-8-2-17(3-9-20)12-31-23-33-24(35-25(34-23)42-15-26(27,28)29)32-19-6-4-18(5-7-19)22(38)30-11-10-21(37)36-43(39,40)14-16/h2-9,16H,10-15H2,1H3,(H,30,38)(H,36,37)(H2,31,32,33,34,35). The Bertz CT molecular complexity index is 1540. The van der Waals surface area contributed by atoms with E-state index in [1.807, 2.05) is 4.72 Å². The van der Waals surface area contributed by atoms with Gasteiger partial charge in [0.25, 0.3) is 5.91 Å². The molecule has 0 saturated heterocycles. The highest BCUT2D eigenvalue weighted by Gasteiger charge is 2.29. The summed E-state index contributed by atoms with van der Waals surface area (Å²) in [6.45, 7) is 0.178. The first-order valence-electron chi connectivity index (χ1n) is 12.9. The molecule has 2 amide bonds. The second-order valence-corrected chi connectivity index (χ2v) is 11.4. The maximum absolute atomic E-state index is 12.8. The summed E-state index contributed by atoms with van der Waals surface area (Å²) in [5.74, 6) is -1.79. The summed E-state index contributed by atoms with van der Waals surface area (Å²) in [6, 6.07) is 12.1. The van der Waals surface area contributed by atoms with Crippen molar-refractivity contribution in [2.75, 3.05) is 36.1 Å². The number of benzene rings is 2. The number of amides is 2. The van der Waals surface area contributed by atoms with Crippen LogP contribution in [-0.2, 0) is 21.4 Å². The van der Waals surface area contributed by atoms with E-state index in [2.05, 4.69) is 30.9 Å². The van der Waals surface area contributed by atoms with Crippen molar-refractivity contribution >= 4 is 39.4 Å². The third kappa shape index (κ3) is 10.3. The van der Waals surface area contributed by atoms with Crippen LogP contribution in [0.2, 0.25) is 0 Å². The van der Waals surface area contributed by atoms with Crippen LogP contribution in [-0.4, -0.2) is 66.9 Å².